The molecule has 4 aromatic rings. The minimum Gasteiger partial charge on any atom is -0.478 e. The van der Waals surface area contributed by atoms with Gasteiger partial charge in [-0.3, -0.25) is 9.88 Å². The molecule has 6 rings (SSSR count). The minimum atomic E-state index is -0.943. The van der Waals surface area contributed by atoms with E-state index in [-0.39, 0.29) is 12.2 Å². The van der Waals surface area contributed by atoms with Crippen LogP contribution in [0, 0.1) is 5.82 Å². The first-order valence-corrected chi connectivity index (χ1v) is 13.8. The molecule has 0 spiro atoms. The summed E-state index contributed by atoms with van der Waals surface area (Å²) in [6.45, 7) is 3.77. The molecule has 40 heavy (non-hydrogen) atoms. The number of ether oxygens (including phenoxy) is 2. The summed E-state index contributed by atoms with van der Waals surface area (Å²) in [5.74, 6) is -0.542. The Morgan fingerprint density at radius 3 is 2.75 bits per heavy atom. The smallest absolute Gasteiger partial charge is 0.335 e. The molecular weight excluding hydrogens is 533 g/mol. The van der Waals surface area contributed by atoms with E-state index < -0.39 is 11.8 Å². The maximum atomic E-state index is 14.1. The largest absolute Gasteiger partial charge is 0.478 e. The monoisotopic (exact) mass is 561 g/mol. The van der Waals surface area contributed by atoms with Crippen molar-refractivity contribution in [2.24, 2.45) is 0 Å². The van der Waals surface area contributed by atoms with E-state index in [0.29, 0.717) is 35.6 Å². The molecule has 0 atom stereocenters. The summed E-state index contributed by atoms with van der Waals surface area (Å²) in [6.07, 6.45) is 2.70. The van der Waals surface area contributed by atoms with Gasteiger partial charge in [-0.05, 0) is 79.9 Å². The fourth-order valence-electron chi connectivity index (χ4n) is 5.62. The number of halogens is 2. The van der Waals surface area contributed by atoms with Crippen molar-refractivity contribution in [2.45, 2.75) is 44.9 Å². The predicted octanol–water partition coefficient (Wildman–Crippen LogP) is 6.15. The molecular formula is C31H29ClFN3O4. The Morgan fingerprint density at radius 2 is 1.95 bits per heavy atom. The second-order valence-corrected chi connectivity index (χ2v) is 10.8. The number of pyridine rings is 2. The van der Waals surface area contributed by atoms with Gasteiger partial charge in [-0.25, -0.2) is 14.2 Å². The number of carbonyl (C=O) groups is 1. The molecule has 7 nitrogen and oxygen atoms in total. The van der Waals surface area contributed by atoms with E-state index in [1.807, 2.05) is 12.1 Å². The second kappa shape index (κ2) is 11.5. The number of hydrogen-bond acceptors (Lipinski definition) is 6. The SMILES string of the molecule is O=C(O)c1ccc2nc(CN3CCC(c4cccc(OCc5ccc(Cl)cc5F)n4)CC3)c3c(c2c1)COCC3. The van der Waals surface area contributed by atoms with Crippen molar-refractivity contribution in [1.29, 1.82) is 0 Å². The number of rotatable bonds is 7. The molecule has 9 heteroatoms. The average Bonchev–Trinajstić information content (AvgIpc) is 2.97. The Bertz CT molecular complexity index is 1570. The van der Waals surface area contributed by atoms with Crippen molar-refractivity contribution in [3.63, 3.8) is 0 Å². The molecule has 0 unspecified atom stereocenters. The fraction of sp³-hybridized carbons (Fsp3) is 0.323. The third-order valence-corrected chi connectivity index (χ3v) is 8.03. The molecule has 0 amide bonds. The average molecular weight is 562 g/mol. The molecule has 4 heterocycles. The van der Waals surface area contributed by atoms with Crippen LogP contribution in [0.25, 0.3) is 10.9 Å². The van der Waals surface area contributed by atoms with Crippen molar-refractivity contribution in [2.75, 3.05) is 19.7 Å². The molecule has 0 aliphatic carbocycles. The molecule has 0 saturated carbocycles. The van der Waals surface area contributed by atoms with Crippen LogP contribution in [0.2, 0.25) is 5.02 Å². The van der Waals surface area contributed by atoms with Crippen LogP contribution in [0.4, 0.5) is 4.39 Å². The number of aromatic nitrogens is 2. The Balaban J connectivity index is 1.12. The lowest BCUT2D eigenvalue weighted by Crippen LogP contribution is -2.33. The van der Waals surface area contributed by atoms with Crippen LogP contribution < -0.4 is 4.74 Å². The third-order valence-electron chi connectivity index (χ3n) is 7.79. The number of piperidine rings is 1. The van der Waals surface area contributed by atoms with Gasteiger partial charge in [-0.1, -0.05) is 23.7 Å². The first kappa shape index (κ1) is 26.6. The number of carboxylic acids is 1. The van der Waals surface area contributed by atoms with Gasteiger partial charge in [0.2, 0.25) is 5.88 Å². The van der Waals surface area contributed by atoms with Crippen molar-refractivity contribution in [3.8, 4) is 5.88 Å². The quantitative estimate of drug-likeness (QED) is 0.289. The molecule has 206 valence electrons. The Morgan fingerprint density at radius 1 is 1.10 bits per heavy atom. The highest BCUT2D eigenvalue weighted by atomic mass is 35.5. The molecule has 0 radical (unpaired) electrons. The summed E-state index contributed by atoms with van der Waals surface area (Å²) in [5.41, 5.74) is 5.78. The highest BCUT2D eigenvalue weighted by Gasteiger charge is 2.25. The molecule has 2 aliphatic heterocycles. The fourth-order valence-corrected chi connectivity index (χ4v) is 5.78. The predicted molar refractivity (Wildman–Crippen MR) is 149 cm³/mol. The number of benzene rings is 2. The van der Waals surface area contributed by atoms with E-state index in [1.165, 1.54) is 11.6 Å². The Labute approximate surface area is 236 Å². The molecule has 2 aromatic heterocycles. The van der Waals surface area contributed by atoms with Gasteiger partial charge in [0.15, 0.2) is 0 Å². The first-order chi connectivity index (χ1) is 19.4. The topological polar surface area (TPSA) is 84.8 Å². The van der Waals surface area contributed by atoms with Gasteiger partial charge in [-0.15, -0.1) is 0 Å². The number of aromatic carboxylic acids is 1. The molecule has 1 fully saturated rings. The Hall–Kier alpha value is -3.59. The van der Waals surface area contributed by atoms with Crippen molar-refractivity contribution < 1.29 is 23.8 Å². The Kier molecular flexibility index (Phi) is 7.65. The van der Waals surface area contributed by atoms with E-state index in [0.717, 1.165) is 66.8 Å². The van der Waals surface area contributed by atoms with Crippen LogP contribution in [0.15, 0.2) is 54.6 Å². The normalized spacial score (nSPS) is 16.1. The molecule has 2 aliphatic rings. The van der Waals surface area contributed by atoms with Crippen LogP contribution >= 0.6 is 11.6 Å². The highest BCUT2D eigenvalue weighted by Crippen LogP contribution is 2.32. The molecule has 1 N–H and O–H groups in total. The van der Waals surface area contributed by atoms with Gasteiger partial charge in [0, 0.05) is 40.2 Å². The summed E-state index contributed by atoms with van der Waals surface area (Å²) in [6, 6.07) is 15.4. The number of hydrogen-bond donors (Lipinski definition) is 1. The van der Waals surface area contributed by atoms with Gasteiger partial charge < -0.3 is 14.6 Å². The summed E-state index contributed by atoms with van der Waals surface area (Å²) in [5, 5.41) is 10.7. The minimum absolute atomic E-state index is 0.0869. The standard InChI is InChI=1S/C31H29ClFN3O4/c32-22-6-4-21(26(33)15-22)17-40-30-3-1-2-27(35-30)19-8-11-36(12-9-19)16-29-23-10-13-39-18-25(23)24-14-20(31(37)38)5-7-28(24)34-29/h1-7,14-15,19H,8-13,16-18H2,(H,37,38). The van der Waals surface area contributed by atoms with Crippen molar-refractivity contribution >= 4 is 28.5 Å². The summed E-state index contributed by atoms with van der Waals surface area (Å²) in [7, 11) is 0. The van der Waals surface area contributed by atoms with Gasteiger partial charge >= 0.3 is 5.97 Å². The lowest BCUT2D eigenvalue weighted by molar-refractivity contribution is 0.0697. The van der Waals surface area contributed by atoms with Crippen LogP contribution in [-0.2, 0) is 30.9 Å². The van der Waals surface area contributed by atoms with Gasteiger partial charge in [-0.2, -0.15) is 0 Å². The second-order valence-electron chi connectivity index (χ2n) is 10.3. The zero-order valence-electron chi connectivity index (χ0n) is 21.9. The van der Waals surface area contributed by atoms with Crippen LogP contribution in [0.3, 0.4) is 0 Å². The van der Waals surface area contributed by atoms with Gasteiger partial charge in [0.1, 0.15) is 12.4 Å². The number of fused-ring (bicyclic) bond motifs is 3. The summed E-state index contributed by atoms with van der Waals surface area (Å²) >= 11 is 5.84. The molecule has 1 saturated heterocycles. The van der Waals surface area contributed by atoms with Gasteiger partial charge in [0.25, 0.3) is 0 Å². The van der Waals surface area contributed by atoms with Crippen molar-refractivity contribution in [1.82, 2.24) is 14.9 Å². The van der Waals surface area contributed by atoms with E-state index >= 15 is 0 Å². The third kappa shape index (κ3) is 5.66. The zero-order chi connectivity index (χ0) is 27.6. The maximum Gasteiger partial charge on any atom is 0.335 e. The number of nitrogens with zero attached hydrogens (tertiary/aromatic N) is 3. The van der Waals surface area contributed by atoms with E-state index in [4.69, 9.17) is 31.0 Å². The molecule has 0 bridgehead atoms. The highest BCUT2D eigenvalue weighted by molar-refractivity contribution is 6.30. The van der Waals surface area contributed by atoms with Crippen LogP contribution in [0.1, 0.15) is 57.2 Å². The van der Waals surface area contributed by atoms with E-state index in [9.17, 15) is 14.3 Å². The van der Waals surface area contributed by atoms with Crippen LogP contribution in [0.5, 0.6) is 5.88 Å². The van der Waals surface area contributed by atoms with Crippen LogP contribution in [-0.4, -0.2) is 45.6 Å². The summed E-state index contributed by atoms with van der Waals surface area (Å²) in [4.78, 5) is 23.6. The van der Waals surface area contributed by atoms with Gasteiger partial charge in [0.05, 0.1) is 30.0 Å². The van der Waals surface area contributed by atoms with E-state index in [2.05, 4.69) is 4.90 Å². The zero-order valence-corrected chi connectivity index (χ0v) is 22.7. The van der Waals surface area contributed by atoms with E-state index in [1.54, 1.807) is 36.4 Å². The van der Waals surface area contributed by atoms with Crippen molar-refractivity contribution in [3.05, 3.63) is 99.1 Å². The number of carboxylic acid groups (broad SMARTS) is 1. The maximum absolute atomic E-state index is 14.1. The first-order valence-electron chi connectivity index (χ1n) is 13.5. The number of likely N-dealkylation sites (tertiary alicyclic amines) is 1. The lowest BCUT2D eigenvalue weighted by atomic mass is 9.92. The summed E-state index contributed by atoms with van der Waals surface area (Å²) < 4.78 is 25.7. The lowest BCUT2D eigenvalue weighted by Gasteiger charge is -2.32. The molecule has 2 aromatic carbocycles.